The minimum absolute atomic E-state index is 0.00399. The van der Waals surface area contributed by atoms with Crippen molar-refractivity contribution in [1.29, 1.82) is 0 Å². The summed E-state index contributed by atoms with van der Waals surface area (Å²) in [6.07, 6.45) is -2.20. The zero-order chi connectivity index (χ0) is 26.4. The van der Waals surface area contributed by atoms with Crippen LogP contribution in [0.4, 0.5) is 18.9 Å². The molecule has 1 aromatic carbocycles. The number of nitrogens with zero attached hydrogens (tertiary/aromatic N) is 2. The van der Waals surface area contributed by atoms with Gasteiger partial charge in [0.05, 0.1) is 11.6 Å². The Hall–Kier alpha value is -4.19. The molecule has 1 spiro atoms. The smallest absolute Gasteiger partial charge is 0.347 e. The van der Waals surface area contributed by atoms with Gasteiger partial charge in [0, 0.05) is 37.5 Å². The van der Waals surface area contributed by atoms with Gasteiger partial charge < -0.3 is 26.3 Å². The molecule has 0 aliphatic carbocycles. The number of anilines is 1. The molecule has 5 N–H and O–H groups in total. The number of hydrogen-bond acceptors (Lipinski definition) is 5. The highest BCUT2D eigenvalue weighted by atomic mass is 19.4. The van der Waals surface area contributed by atoms with E-state index in [4.69, 9.17) is 5.73 Å². The van der Waals surface area contributed by atoms with Gasteiger partial charge in [-0.2, -0.15) is 13.2 Å². The summed E-state index contributed by atoms with van der Waals surface area (Å²) in [7, 11) is 0. The number of alkyl halides is 3. The largest absolute Gasteiger partial charge is 0.431 e. The maximum Gasteiger partial charge on any atom is 0.431 e. The van der Waals surface area contributed by atoms with Crippen LogP contribution in [0.1, 0.15) is 33.7 Å². The molecule has 192 valence electrons. The van der Waals surface area contributed by atoms with Crippen LogP contribution in [-0.4, -0.2) is 51.3 Å². The Morgan fingerprint density at radius 1 is 1.19 bits per heavy atom. The fraction of sp³-hybridized carbons (Fsp3) is 0.280. The van der Waals surface area contributed by atoms with Crippen LogP contribution >= 0.6 is 0 Å². The number of aromatic nitrogens is 2. The van der Waals surface area contributed by atoms with E-state index in [0.717, 1.165) is 17.7 Å². The van der Waals surface area contributed by atoms with Gasteiger partial charge in [-0.15, -0.1) is 0 Å². The van der Waals surface area contributed by atoms with Crippen LogP contribution in [0.15, 0.2) is 60.9 Å². The molecule has 3 atom stereocenters. The number of para-hydroxylation sites is 1. The van der Waals surface area contributed by atoms with Crippen LogP contribution in [-0.2, 0) is 27.6 Å². The minimum atomic E-state index is -4.65. The topological polar surface area (TPSA) is 133 Å². The third kappa shape index (κ3) is 4.44. The number of fused-ring (bicyclic) bond motifs is 2. The van der Waals surface area contributed by atoms with Gasteiger partial charge in [0.1, 0.15) is 17.4 Å². The van der Waals surface area contributed by atoms with Gasteiger partial charge in [0.2, 0.25) is 11.8 Å². The molecular formula is C25H23F3N6O3. The number of hydrogen-bond donors (Lipinski definition) is 4. The Labute approximate surface area is 209 Å². The van der Waals surface area contributed by atoms with E-state index in [9.17, 15) is 27.6 Å². The third-order valence-corrected chi connectivity index (χ3v) is 6.81. The normalized spacial score (nSPS) is 21.6. The Morgan fingerprint density at radius 3 is 2.68 bits per heavy atom. The molecule has 3 aromatic rings. The van der Waals surface area contributed by atoms with E-state index in [-0.39, 0.29) is 31.0 Å². The lowest BCUT2D eigenvalue weighted by atomic mass is 9.80. The van der Waals surface area contributed by atoms with Gasteiger partial charge >= 0.3 is 6.18 Å². The third-order valence-electron chi connectivity index (χ3n) is 6.81. The van der Waals surface area contributed by atoms with Crippen molar-refractivity contribution in [2.75, 3.05) is 11.9 Å². The highest BCUT2D eigenvalue weighted by molar-refractivity contribution is 6.07. The number of rotatable bonds is 5. The molecule has 3 amide bonds. The standard InChI is InChI=1S/C25H23F3N6O3/c26-25(27,28)19-8-7-17(31-19)21(35)32-18(10-14-4-3-9-30-12-14)22(36)34-13-24(11-20(34)29)15-5-1-2-6-16(15)33-23(24)37/h1-9,12,18,20,31H,10-11,13,29H2,(H,32,35)(H,33,37)/t18?,20-,24-/m0/s1. The second-order valence-corrected chi connectivity index (χ2v) is 9.19. The van der Waals surface area contributed by atoms with E-state index in [1.165, 1.54) is 11.1 Å². The van der Waals surface area contributed by atoms with Gasteiger partial charge in [-0.3, -0.25) is 19.4 Å². The summed E-state index contributed by atoms with van der Waals surface area (Å²) in [5.41, 5.74) is 5.90. The maximum absolute atomic E-state index is 13.7. The molecule has 2 aromatic heterocycles. The average Bonchev–Trinajstić information content (AvgIpc) is 3.56. The van der Waals surface area contributed by atoms with Crippen LogP contribution in [0.5, 0.6) is 0 Å². The average molecular weight is 512 g/mol. The lowest BCUT2D eigenvalue weighted by Crippen LogP contribution is -2.53. The molecule has 2 aliphatic heterocycles. The van der Waals surface area contributed by atoms with E-state index in [2.05, 4.69) is 15.6 Å². The lowest BCUT2D eigenvalue weighted by molar-refractivity contribution is -0.141. The Morgan fingerprint density at radius 2 is 1.97 bits per heavy atom. The van der Waals surface area contributed by atoms with Crippen molar-refractivity contribution in [3.05, 3.63) is 83.4 Å². The van der Waals surface area contributed by atoms with Crippen LogP contribution < -0.4 is 16.4 Å². The van der Waals surface area contributed by atoms with Crippen molar-refractivity contribution in [1.82, 2.24) is 20.2 Å². The first-order chi connectivity index (χ1) is 17.6. The molecule has 37 heavy (non-hydrogen) atoms. The number of halogens is 3. The first kappa shape index (κ1) is 24.5. The van der Waals surface area contributed by atoms with Crippen molar-refractivity contribution in [3.8, 4) is 0 Å². The lowest BCUT2D eigenvalue weighted by Gasteiger charge is -2.28. The summed E-state index contributed by atoms with van der Waals surface area (Å²) in [5, 5.41) is 5.38. The zero-order valence-electron chi connectivity index (χ0n) is 19.4. The molecule has 1 fully saturated rings. The van der Waals surface area contributed by atoms with E-state index < -0.39 is 41.3 Å². The summed E-state index contributed by atoms with van der Waals surface area (Å²) in [5.74, 6) is -1.70. The summed E-state index contributed by atoms with van der Waals surface area (Å²) >= 11 is 0. The number of amides is 3. The second-order valence-electron chi connectivity index (χ2n) is 9.19. The summed E-state index contributed by atoms with van der Waals surface area (Å²) in [6, 6.07) is 11.1. The van der Waals surface area contributed by atoms with Gasteiger partial charge in [-0.1, -0.05) is 24.3 Å². The van der Waals surface area contributed by atoms with Gasteiger partial charge in [0.15, 0.2) is 0 Å². The highest BCUT2D eigenvalue weighted by Gasteiger charge is 2.55. The van der Waals surface area contributed by atoms with Crippen molar-refractivity contribution in [3.63, 3.8) is 0 Å². The number of carbonyl (C=O) groups is 3. The maximum atomic E-state index is 13.7. The monoisotopic (exact) mass is 512 g/mol. The predicted molar refractivity (Wildman–Crippen MR) is 126 cm³/mol. The highest BCUT2D eigenvalue weighted by Crippen LogP contribution is 2.45. The number of aromatic amines is 1. The molecule has 12 heteroatoms. The number of nitrogens with two attached hydrogens (primary N) is 1. The Bertz CT molecular complexity index is 1360. The second kappa shape index (κ2) is 9.04. The Balaban J connectivity index is 1.41. The number of nitrogens with one attached hydrogen (secondary N) is 3. The van der Waals surface area contributed by atoms with Gasteiger partial charge in [0.25, 0.3) is 5.91 Å². The van der Waals surface area contributed by atoms with Crippen LogP contribution in [0.25, 0.3) is 0 Å². The van der Waals surface area contributed by atoms with E-state index in [1.54, 1.807) is 36.5 Å². The van der Waals surface area contributed by atoms with Crippen LogP contribution in [0, 0.1) is 0 Å². The molecule has 1 saturated heterocycles. The number of H-pyrrole nitrogens is 1. The number of carbonyl (C=O) groups excluding carboxylic acids is 3. The summed E-state index contributed by atoms with van der Waals surface area (Å²) in [6.45, 7) is -0.00399. The summed E-state index contributed by atoms with van der Waals surface area (Å²) < 4.78 is 39.0. The molecular weight excluding hydrogens is 489 g/mol. The number of pyridine rings is 1. The van der Waals surface area contributed by atoms with E-state index in [1.807, 2.05) is 11.1 Å². The van der Waals surface area contributed by atoms with Crippen molar-refractivity contribution >= 4 is 23.4 Å². The van der Waals surface area contributed by atoms with Gasteiger partial charge in [-0.25, -0.2) is 0 Å². The van der Waals surface area contributed by atoms with Crippen LogP contribution in [0.2, 0.25) is 0 Å². The molecule has 1 unspecified atom stereocenters. The predicted octanol–water partition coefficient (Wildman–Crippen LogP) is 2.18. The summed E-state index contributed by atoms with van der Waals surface area (Å²) in [4.78, 5) is 47.0. The van der Waals surface area contributed by atoms with Crippen LogP contribution in [0.3, 0.4) is 0 Å². The molecule has 4 heterocycles. The SMILES string of the molecule is N[C@@H]1C[C@@]2(CN1C(=O)C(Cc1cccnc1)NC(=O)c1ccc(C(F)(F)F)[nH]1)C(=O)Nc1ccccc12. The van der Waals surface area contributed by atoms with Crippen molar-refractivity contribution in [2.24, 2.45) is 5.73 Å². The molecule has 9 nitrogen and oxygen atoms in total. The molecule has 0 saturated carbocycles. The van der Waals surface area contributed by atoms with Crippen molar-refractivity contribution < 1.29 is 27.6 Å². The molecule has 0 radical (unpaired) electrons. The first-order valence-electron chi connectivity index (χ1n) is 11.5. The molecule has 0 bridgehead atoms. The van der Waals surface area contributed by atoms with E-state index in [0.29, 0.717) is 11.3 Å². The molecule has 2 aliphatic rings. The first-order valence-corrected chi connectivity index (χ1v) is 11.5. The fourth-order valence-electron chi connectivity index (χ4n) is 5.00. The minimum Gasteiger partial charge on any atom is -0.347 e. The number of likely N-dealkylation sites (tertiary alicyclic amines) is 1. The van der Waals surface area contributed by atoms with Crippen molar-refractivity contribution in [2.45, 2.75) is 36.6 Å². The zero-order valence-corrected chi connectivity index (χ0v) is 19.4. The molecule has 5 rings (SSSR count). The fourth-order valence-corrected chi connectivity index (χ4v) is 5.00. The number of benzene rings is 1. The van der Waals surface area contributed by atoms with Gasteiger partial charge in [-0.05, 0) is 35.4 Å². The quantitative estimate of drug-likeness (QED) is 0.416. The van der Waals surface area contributed by atoms with E-state index >= 15 is 0 Å². The Kier molecular flexibility index (Phi) is 5.98.